The smallest absolute Gasteiger partial charge is 0.310 e. The predicted octanol–water partition coefficient (Wildman–Crippen LogP) is 4.35. The number of benzene rings is 1. The zero-order valence-corrected chi connectivity index (χ0v) is 21.0. The molecule has 0 saturated carbocycles. The number of aromatic nitrogens is 2. The van der Waals surface area contributed by atoms with Crippen molar-refractivity contribution in [3.05, 3.63) is 47.2 Å². The molecule has 0 spiro atoms. The van der Waals surface area contributed by atoms with E-state index in [4.69, 9.17) is 14.7 Å². The zero-order valence-electron chi connectivity index (χ0n) is 20.2. The van der Waals surface area contributed by atoms with Crippen LogP contribution in [0.25, 0.3) is 0 Å². The number of ether oxygens (including phenoxy) is 1. The van der Waals surface area contributed by atoms with Crippen molar-refractivity contribution >= 4 is 29.5 Å². The Kier molecular flexibility index (Phi) is 8.43. The average molecular weight is 483 g/mol. The Hall–Kier alpha value is -2.61. The number of amides is 1. The van der Waals surface area contributed by atoms with Gasteiger partial charge in [-0.05, 0) is 56.7 Å². The summed E-state index contributed by atoms with van der Waals surface area (Å²) in [6.45, 7) is 7.51. The van der Waals surface area contributed by atoms with Gasteiger partial charge in [0.15, 0.2) is 5.16 Å². The summed E-state index contributed by atoms with van der Waals surface area (Å²) in [6, 6.07) is 9.87. The summed E-state index contributed by atoms with van der Waals surface area (Å²) in [6.07, 6.45) is 4.90. The third-order valence-corrected chi connectivity index (χ3v) is 7.33. The summed E-state index contributed by atoms with van der Waals surface area (Å²) >= 11 is 1.61. The van der Waals surface area contributed by atoms with E-state index < -0.39 is 0 Å². The Morgan fingerprint density at radius 3 is 2.68 bits per heavy atom. The first-order valence-electron chi connectivity index (χ1n) is 12.4. The van der Waals surface area contributed by atoms with Crippen LogP contribution < -0.4 is 4.90 Å². The zero-order chi connectivity index (χ0) is 23.9. The maximum absolute atomic E-state index is 13.2. The summed E-state index contributed by atoms with van der Waals surface area (Å²) in [4.78, 5) is 39.0. The molecule has 2 aliphatic rings. The van der Waals surface area contributed by atoms with Crippen molar-refractivity contribution in [2.45, 2.75) is 56.9 Å². The summed E-state index contributed by atoms with van der Waals surface area (Å²) in [5.74, 6) is 1.26. The number of piperidine rings is 1. The van der Waals surface area contributed by atoms with Crippen molar-refractivity contribution in [2.75, 3.05) is 37.7 Å². The van der Waals surface area contributed by atoms with E-state index in [1.54, 1.807) is 16.7 Å². The number of carbonyl (C=O) groups is 2. The monoisotopic (exact) mass is 482 g/mol. The van der Waals surface area contributed by atoms with Gasteiger partial charge >= 0.3 is 5.97 Å². The molecule has 182 valence electrons. The number of nitrogens with zero attached hydrogens (tertiary/aromatic N) is 4. The molecule has 4 rings (SSSR count). The highest BCUT2D eigenvalue weighted by molar-refractivity contribution is 7.98. The summed E-state index contributed by atoms with van der Waals surface area (Å²) < 4.78 is 5.17. The Morgan fingerprint density at radius 1 is 1.09 bits per heavy atom. The van der Waals surface area contributed by atoms with Crippen molar-refractivity contribution in [3.63, 3.8) is 0 Å². The molecule has 34 heavy (non-hydrogen) atoms. The number of aryl methyl sites for hydroxylation is 1. The lowest BCUT2D eigenvalue weighted by Gasteiger charge is -2.31. The molecule has 3 heterocycles. The van der Waals surface area contributed by atoms with Crippen LogP contribution in [0.5, 0.6) is 0 Å². The van der Waals surface area contributed by atoms with E-state index >= 15 is 0 Å². The quantitative estimate of drug-likeness (QED) is 0.315. The summed E-state index contributed by atoms with van der Waals surface area (Å²) in [7, 11) is 0. The SMILES string of the molecule is CCOC(=O)C1CCCN(C(=O)c2cccc(CSc3nc(CC)cc(N4CCCC4)n3)c2)C1. The number of carbonyl (C=O) groups excluding carboxylic acids is 2. The molecule has 2 fully saturated rings. The molecule has 0 radical (unpaired) electrons. The van der Waals surface area contributed by atoms with E-state index in [0.717, 1.165) is 54.6 Å². The second-order valence-corrected chi connectivity index (χ2v) is 9.82. The molecule has 1 amide bonds. The predicted molar refractivity (Wildman–Crippen MR) is 134 cm³/mol. The molecule has 0 N–H and O–H groups in total. The second kappa shape index (κ2) is 11.7. The van der Waals surface area contributed by atoms with Gasteiger partial charge < -0.3 is 14.5 Å². The van der Waals surface area contributed by atoms with Crippen LogP contribution in [0.1, 0.15) is 61.1 Å². The van der Waals surface area contributed by atoms with Crippen LogP contribution in [0.15, 0.2) is 35.5 Å². The van der Waals surface area contributed by atoms with Gasteiger partial charge in [0, 0.05) is 49.3 Å². The van der Waals surface area contributed by atoms with Gasteiger partial charge in [-0.1, -0.05) is 30.8 Å². The Labute approximate surface area is 206 Å². The van der Waals surface area contributed by atoms with Gasteiger partial charge in [-0.2, -0.15) is 0 Å². The molecule has 1 aromatic heterocycles. The molecule has 1 atom stereocenters. The first-order chi connectivity index (χ1) is 16.6. The van der Waals surface area contributed by atoms with Crippen molar-refractivity contribution in [1.29, 1.82) is 0 Å². The van der Waals surface area contributed by atoms with Crippen molar-refractivity contribution in [3.8, 4) is 0 Å². The van der Waals surface area contributed by atoms with Crippen molar-refractivity contribution in [2.24, 2.45) is 5.92 Å². The topological polar surface area (TPSA) is 75.6 Å². The lowest BCUT2D eigenvalue weighted by Crippen LogP contribution is -2.42. The van der Waals surface area contributed by atoms with E-state index in [-0.39, 0.29) is 17.8 Å². The van der Waals surface area contributed by atoms with Crippen LogP contribution >= 0.6 is 11.8 Å². The van der Waals surface area contributed by atoms with Gasteiger partial charge in [-0.25, -0.2) is 9.97 Å². The van der Waals surface area contributed by atoms with Crippen molar-refractivity contribution in [1.82, 2.24) is 14.9 Å². The van der Waals surface area contributed by atoms with Crippen LogP contribution in [-0.4, -0.2) is 59.5 Å². The van der Waals surface area contributed by atoms with Crippen molar-refractivity contribution < 1.29 is 14.3 Å². The van der Waals surface area contributed by atoms with Gasteiger partial charge in [-0.3, -0.25) is 9.59 Å². The fraction of sp³-hybridized carbons (Fsp3) is 0.538. The maximum Gasteiger partial charge on any atom is 0.310 e. The minimum Gasteiger partial charge on any atom is -0.466 e. The third kappa shape index (κ3) is 6.09. The van der Waals surface area contributed by atoms with Crippen LogP contribution in [0, 0.1) is 5.92 Å². The van der Waals surface area contributed by atoms with Gasteiger partial charge in [0.25, 0.3) is 5.91 Å². The third-order valence-electron chi connectivity index (χ3n) is 6.41. The van der Waals surface area contributed by atoms with Gasteiger partial charge in [0.1, 0.15) is 5.82 Å². The van der Waals surface area contributed by atoms with Crippen LogP contribution in [0.2, 0.25) is 0 Å². The van der Waals surface area contributed by atoms with E-state index in [9.17, 15) is 9.59 Å². The summed E-state index contributed by atoms with van der Waals surface area (Å²) in [5, 5.41) is 0.784. The summed E-state index contributed by atoms with van der Waals surface area (Å²) in [5.41, 5.74) is 2.77. The number of esters is 1. The van der Waals surface area contributed by atoms with Gasteiger partial charge in [0.2, 0.25) is 0 Å². The molecule has 1 aromatic carbocycles. The Morgan fingerprint density at radius 2 is 1.91 bits per heavy atom. The molecular formula is C26H34N4O3S. The average Bonchev–Trinajstić information content (AvgIpc) is 3.42. The van der Waals surface area contributed by atoms with E-state index in [0.29, 0.717) is 31.0 Å². The molecule has 1 unspecified atom stereocenters. The van der Waals surface area contributed by atoms with E-state index in [2.05, 4.69) is 17.9 Å². The normalized spacial score (nSPS) is 18.2. The number of likely N-dealkylation sites (tertiary alicyclic amines) is 1. The van der Waals surface area contributed by atoms with Gasteiger partial charge in [0.05, 0.1) is 12.5 Å². The van der Waals surface area contributed by atoms with Crippen LogP contribution in [0.4, 0.5) is 5.82 Å². The maximum atomic E-state index is 13.2. The highest BCUT2D eigenvalue weighted by Gasteiger charge is 2.29. The number of hydrogen-bond acceptors (Lipinski definition) is 7. The molecule has 7 nitrogen and oxygen atoms in total. The molecule has 2 saturated heterocycles. The minimum absolute atomic E-state index is 0.0265. The van der Waals surface area contributed by atoms with Crippen LogP contribution in [0.3, 0.4) is 0 Å². The van der Waals surface area contributed by atoms with E-state index in [1.165, 1.54) is 12.8 Å². The second-order valence-electron chi connectivity index (χ2n) is 8.88. The first-order valence-corrected chi connectivity index (χ1v) is 13.4. The number of rotatable bonds is 8. The largest absolute Gasteiger partial charge is 0.466 e. The molecule has 0 aliphatic carbocycles. The minimum atomic E-state index is -0.232. The molecule has 0 bridgehead atoms. The number of anilines is 1. The lowest BCUT2D eigenvalue weighted by molar-refractivity contribution is -0.149. The van der Waals surface area contributed by atoms with Crippen LogP contribution in [-0.2, 0) is 21.7 Å². The molecule has 2 aromatic rings. The fourth-order valence-corrected chi connectivity index (χ4v) is 5.37. The highest BCUT2D eigenvalue weighted by atomic mass is 32.2. The number of thioether (sulfide) groups is 1. The fourth-order valence-electron chi connectivity index (χ4n) is 4.55. The standard InChI is InChI=1S/C26H34N4O3S/c1-3-22-16-23(29-12-5-6-13-29)28-26(27-22)34-18-19-9-7-10-20(15-19)24(31)30-14-8-11-21(17-30)25(32)33-4-2/h7,9-10,15-16,21H,3-6,8,11-14,17-18H2,1-2H3. The Balaban J connectivity index is 1.41. The molecular weight excluding hydrogens is 448 g/mol. The number of hydrogen-bond donors (Lipinski definition) is 0. The first kappa shape index (κ1) is 24.5. The molecule has 8 heteroatoms. The van der Waals surface area contributed by atoms with E-state index in [1.807, 2.05) is 31.2 Å². The molecule has 2 aliphatic heterocycles. The highest BCUT2D eigenvalue weighted by Crippen LogP contribution is 2.26. The lowest BCUT2D eigenvalue weighted by atomic mass is 9.97. The Bertz CT molecular complexity index is 1010. The van der Waals surface area contributed by atoms with Gasteiger partial charge in [-0.15, -0.1) is 0 Å².